The highest BCUT2D eigenvalue weighted by atomic mass is 16.5. The van der Waals surface area contributed by atoms with Crippen LogP contribution in [0.5, 0.6) is 0 Å². The van der Waals surface area contributed by atoms with Crippen molar-refractivity contribution in [2.45, 2.75) is 38.4 Å². The predicted octanol–water partition coefficient (Wildman–Crippen LogP) is 0.809. The molecule has 0 saturated heterocycles. The van der Waals surface area contributed by atoms with Gasteiger partial charge in [-0.1, -0.05) is 0 Å². The molecule has 0 radical (unpaired) electrons. The molecule has 4 aliphatic carbocycles. The van der Waals surface area contributed by atoms with Gasteiger partial charge in [0.2, 0.25) is 0 Å². The molecule has 0 amide bonds. The summed E-state index contributed by atoms with van der Waals surface area (Å²) < 4.78 is 5.02. The number of carbonyl (C=O) groups excluding carboxylic acids is 1. The Bertz CT molecular complexity index is 436. The van der Waals surface area contributed by atoms with Crippen LogP contribution in [0.25, 0.3) is 0 Å². The Morgan fingerprint density at radius 2 is 1.79 bits per heavy atom. The zero-order valence-electron chi connectivity index (χ0n) is 11.5. The highest BCUT2D eigenvalue weighted by Crippen LogP contribution is 2.71. The molecule has 0 spiro atoms. The average molecular weight is 266 g/mol. The normalized spacial score (nSPS) is 61.5. The van der Waals surface area contributed by atoms with Crippen LogP contribution < -0.4 is 0 Å². The van der Waals surface area contributed by atoms with Gasteiger partial charge in [-0.2, -0.15) is 0 Å². The molecule has 106 valence electrons. The fraction of sp³-hybridized carbons (Fsp3) is 0.933. The van der Waals surface area contributed by atoms with E-state index in [9.17, 15) is 15.0 Å². The van der Waals surface area contributed by atoms with Crippen molar-refractivity contribution in [2.75, 3.05) is 7.11 Å². The van der Waals surface area contributed by atoms with Gasteiger partial charge in [0.15, 0.2) is 0 Å². The van der Waals surface area contributed by atoms with Crippen molar-refractivity contribution in [3.63, 3.8) is 0 Å². The van der Waals surface area contributed by atoms with Crippen LogP contribution in [0.4, 0.5) is 0 Å². The molecule has 4 nitrogen and oxygen atoms in total. The number of ether oxygens (including phenoxy) is 1. The first-order chi connectivity index (χ1) is 8.99. The van der Waals surface area contributed by atoms with E-state index in [1.165, 1.54) is 7.11 Å². The lowest BCUT2D eigenvalue weighted by molar-refractivity contribution is -0.161. The van der Waals surface area contributed by atoms with Gasteiger partial charge in [0.1, 0.15) is 0 Å². The van der Waals surface area contributed by atoms with Gasteiger partial charge < -0.3 is 14.9 Å². The smallest absolute Gasteiger partial charge is 0.311 e. The summed E-state index contributed by atoms with van der Waals surface area (Å²) in [5, 5.41) is 20.3. The number of fused-ring (bicyclic) bond motifs is 9. The number of esters is 1. The molecule has 4 heteroatoms. The molecule has 19 heavy (non-hydrogen) atoms. The molecule has 0 aromatic carbocycles. The fourth-order valence-corrected chi connectivity index (χ4v) is 6.38. The second-order valence-electron chi connectivity index (χ2n) is 7.41. The first-order valence-electron chi connectivity index (χ1n) is 7.43. The SMILES string of the molecule is COC(=O)C1(C)CC2CC1C1C3CC(C(O)C3O)C21. The van der Waals surface area contributed by atoms with Crippen molar-refractivity contribution in [1.29, 1.82) is 0 Å². The van der Waals surface area contributed by atoms with Crippen LogP contribution in [0.15, 0.2) is 0 Å². The van der Waals surface area contributed by atoms with Gasteiger partial charge in [-0.25, -0.2) is 0 Å². The maximum Gasteiger partial charge on any atom is 0.311 e. The second-order valence-corrected chi connectivity index (χ2v) is 7.41. The molecule has 4 aliphatic rings. The Labute approximate surface area is 113 Å². The standard InChI is InChI=1S/C15H22O4/c1-15(14(18)19-2)5-6-3-9(15)11-8-4-7(10(6)11)12(16)13(8)17/h6-13,16-17H,3-5H2,1-2H3. The topological polar surface area (TPSA) is 66.8 Å². The molecule has 4 fully saturated rings. The molecular weight excluding hydrogens is 244 g/mol. The van der Waals surface area contributed by atoms with Gasteiger partial charge >= 0.3 is 5.97 Å². The summed E-state index contributed by atoms with van der Waals surface area (Å²) in [4.78, 5) is 12.1. The molecule has 9 atom stereocenters. The van der Waals surface area contributed by atoms with E-state index in [-0.39, 0.29) is 23.2 Å². The molecule has 4 rings (SSSR count). The molecule has 0 heterocycles. The third-order valence-corrected chi connectivity index (χ3v) is 6.93. The number of carbonyl (C=O) groups is 1. The monoisotopic (exact) mass is 266 g/mol. The summed E-state index contributed by atoms with van der Waals surface area (Å²) in [7, 11) is 1.47. The van der Waals surface area contributed by atoms with Crippen molar-refractivity contribution in [1.82, 2.24) is 0 Å². The molecule has 0 aliphatic heterocycles. The number of hydrogen-bond acceptors (Lipinski definition) is 4. The maximum absolute atomic E-state index is 12.1. The van der Waals surface area contributed by atoms with E-state index >= 15 is 0 Å². The summed E-state index contributed by atoms with van der Waals surface area (Å²) >= 11 is 0. The van der Waals surface area contributed by atoms with Gasteiger partial charge in [-0.15, -0.1) is 0 Å². The Morgan fingerprint density at radius 1 is 1.16 bits per heavy atom. The van der Waals surface area contributed by atoms with Crippen LogP contribution in [0.1, 0.15) is 26.2 Å². The fourth-order valence-electron chi connectivity index (χ4n) is 6.38. The van der Waals surface area contributed by atoms with Crippen LogP contribution in [-0.4, -0.2) is 35.5 Å². The zero-order valence-corrected chi connectivity index (χ0v) is 11.5. The zero-order chi connectivity index (χ0) is 13.5. The predicted molar refractivity (Wildman–Crippen MR) is 66.9 cm³/mol. The van der Waals surface area contributed by atoms with Gasteiger partial charge in [0.25, 0.3) is 0 Å². The minimum Gasteiger partial charge on any atom is -0.469 e. The van der Waals surface area contributed by atoms with E-state index in [1.807, 2.05) is 6.92 Å². The number of hydrogen-bond donors (Lipinski definition) is 2. The van der Waals surface area contributed by atoms with Gasteiger partial charge in [-0.05, 0) is 61.7 Å². The Kier molecular flexibility index (Phi) is 2.26. The summed E-state index contributed by atoms with van der Waals surface area (Å²) in [6, 6.07) is 0. The molecule has 9 unspecified atom stereocenters. The lowest BCUT2D eigenvalue weighted by atomic mass is 9.60. The molecule has 0 aromatic heterocycles. The van der Waals surface area contributed by atoms with Crippen molar-refractivity contribution < 1.29 is 19.7 Å². The van der Waals surface area contributed by atoms with E-state index < -0.39 is 12.2 Å². The van der Waals surface area contributed by atoms with Crippen molar-refractivity contribution in [3.05, 3.63) is 0 Å². The van der Waals surface area contributed by atoms with Gasteiger partial charge in [0.05, 0.1) is 24.7 Å². The first kappa shape index (κ1) is 12.2. The van der Waals surface area contributed by atoms with Crippen molar-refractivity contribution in [3.8, 4) is 0 Å². The summed E-state index contributed by atoms with van der Waals surface area (Å²) in [5.41, 5.74) is -0.365. The number of methoxy groups -OCH3 is 1. The highest BCUT2D eigenvalue weighted by molar-refractivity contribution is 5.77. The molecule has 0 aromatic rings. The van der Waals surface area contributed by atoms with E-state index in [1.54, 1.807) is 0 Å². The van der Waals surface area contributed by atoms with E-state index in [0.29, 0.717) is 23.7 Å². The lowest BCUT2D eigenvalue weighted by Crippen LogP contribution is -2.49. The lowest BCUT2D eigenvalue weighted by Gasteiger charge is -2.45. The van der Waals surface area contributed by atoms with Crippen LogP contribution in [0.3, 0.4) is 0 Å². The number of rotatable bonds is 1. The molecular formula is C15H22O4. The van der Waals surface area contributed by atoms with Crippen molar-refractivity contribution >= 4 is 5.97 Å². The third-order valence-electron chi connectivity index (χ3n) is 6.93. The minimum atomic E-state index is -0.576. The molecule has 4 saturated carbocycles. The quantitative estimate of drug-likeness (QED) is 0.544. The van der Waals surface area contributed by atoms with Crippen LogP contribution in [0, 0.1) is 40.9 Å². The molecule has 2 N–H and O–H groups in total. The Hall–Kier alpha value is -0.610. The van der Waals surface area contributed by atoms with Crippen molar-refractivity contribution in [2.24, 2.45) is 40.9 Å². The third kappa shape index (κ3) is 1.21. The Balaban J connectivity index is 1.69. The van der Waals surface area contributed by atoms with Crippen LogP contribution in [0.2, 0.25) is 0 Å². The maximum atomic E-state index is 12.1. The minimum absolute atomic E-state index is 0.0868. The van der Waals surface area contributed by atoms with Gasteiger partial charge in [0, 0.05) is 0 Å². The van der Waals surface area contributed by atoms with E-state index in [2.05, 4.69) is 0 Å². The number of aliphatic hydroxyl groups is 2. The number of aliphatic hydroxyl groups excluding tert-OH is 2. The van der Waals surface area contributed by atoms with E-state index in [0.717, 1.165) is 19.3 Å². The molecule has 4 bridgehead atoms. The van der Waals surface area contributed by atoms with Crippen LogP contribution in [-0.2, 0) is 9.53 Å². The summed E-state index contributed by atoms with van der Waals surface area (Å²) in [6.45, 7) is 2.04. The largest absolute Gasteiger partial charge is 0.469 e. The van der Waals surface area contributed by atoms with Gasteiger partial charge in [-0.3, -0.25) is 4.79 Å². The summed E-state index contributed by atoms with van der Waals surface area (Å²) in [6.07, 6.45) is 1.81. The second kappa shape index (κ2) is 3.53. The van der Waals surface area contributed by atoms with Crippen LogP contribution >= 0.6 is 0 Å². The Morgan fingerprint density at radius 3 is 2.42 bits per heavy atom. The average Bonchev–Trinajstić information content (AvgIpc) is 3.08. The highest BCUT2D eigenvalue weighted by Gasteiger charge is 2.71. The summed E-state index contributed by atoms with van der Waals surface area (Å²) in [5.74, 6) is 2.21. The first-order valence-corrected chi connectivity index (χ1v) is 7.43. The van der Waals surface area contributed by atoms with E-state index in [4.69, 9.17) is 4.74 Å².